The van der Waals surface area contributed by atoms with Gasteiger partial charge >= 0.3 is 0 Å². The molecule has 0 unspecified atom stereocenters. The summed E-state index contributed by atoms with van der Waals surface area (Å²) in [5.74, 6) is 1.46. The van der Waals surface area contributed by atoms with Crippen molar-refractivity contribution < 1.29 is 9.18 Å². The zero-order valence-electron chi connectivity index (χ0n) is 21.0. The Bertz CT molecular complexity index is 1560. The number of aryl methyl sites for hydroxylation is 2. The van der Waals surface area contributed by atoms with E-state index in [1.54, 1.807) is 30.6 Å². The maximum Gasteiger partial charge on any atom is 0.270 e. The summed E-state index contributed by atoms with van der Waals surface area (Å²) in [4.78, 5) is 30.7. The van der Waals surface area contributed by atoms with Gasteiger partial charge in [0, 0.05) is 41.5 Å². The number of nitrogens with one attached hydrogen (secondary N) is 3. The van der Waals surface area contributed by atoms with E-state index in [2.05, 4.69) is 45.9 Å². The third-order valence-electron chi connectivity index (χ3n) is 5.74. The molecular formula is C26H25FN10O. The minimum absolute atomic E-state index is 0.266. The fourth-order valence-corrected chi connectivity index (χ4v) is 3.85. The molecule has 5 aromatic heterocycles. The lowest BCUT2D eigenvalue weighted by molar-refractivity contribution is 0.0930. The van der Waals surface area contributed by atoms with Gasteiger partial charge in [0.25, 0.3) is 5.91 Å². The molecule has 0 aliphatic rings. The Morgan fingerprint density at radius 1 is 1.05 bits per heavy atom. The van der Waals surface area contributed by atoms with Crippen molar-refractivity contribution in [2.24, 2.45) is 0 Å². The average molecular weight is 513 g/mol. The fraction of sp³-hybridized carbons (Fsp3) is 0.192. The summed E-state index contributed by atoms with van der Waals surface area (Å²) in [5, 5.41) is 17.1. The smallest absolute Gasteiger partial charge is 0.270 e. The van der Waals surface area contributed by atoms with Crippen LogP contribution in [0.25, 0.3) is 17.2 Å². The first kappa shape index (κ1) is 24.7. The zero-order valence-corrected chi connectivity index (χ0v) is 21.0. The Kier molecular flexibility index (Phi) is 6.85. The molecule has 1 atom stereocenters. The Hall–Kier alpha value is -5.00. The number of rotatable bonds is 8. The number of aromatic nitrogens is 8. The molecule has 0 saturated carbocycles. The molecule has 0 fully saturated rings. The molecule has 0 radical (unpaired) electrons. The summed E-state index contributed by atoms with van der Waals surface area (Å²) >= 11 is 0. The summed E-state index contributed by atoms with van der Waals surface area (Å²) in [6.07, 6.45) is 6.22. The maximum atomic E-state index is 13.2. The third-order valence-corrected chi connectivity index (χ3v) is 5.74. The van der Waals surface area contributed by atoms with Crippen LogP contribution in [0.1, 0.15) is 46.8 Å². The molecule has 1 amide bonds. The predicted octanol–water partition coefficient (Wildman–Crippen LogP) is 4.22. The van der Waals surface area contributed by atoms with Crippen LogP contribution in [-0.4, -0.2) is 45.8 Å². The van der Waals surface area contributed by atoms with Crippen molar-refractivity contribution in [2.45, 2.75) is 33.2 Å². The second kappa shape index (κ2) is 10.5. The first-order valence-corrected chi connectivity index (χ1v) is 12.0. The topological polar surface area (TPSA) is 139 Å². The van der Waals surface area contributed by atoms with Crippen LogP contribution >= 0.6 is 0 Å². The van der Waals surface area contributed by atoms with Crippen LogP contribution in [0.4, 0.5) is 16.0 Å². The molecule has 192 valence electrons. The lowest BCUT2D eigenvalue weighted by atomic mass is 10.1. The molecule has 0 spiro atoms. The summed E-state index contributed by atoms with van der Waals surface area (Å²) < 4.78 is 14.6. The summed E-state index contributed by atoms with van der Waals surface area (Å²) in [6, 6.07) is 10.4. The number of nitrogens with zero attached hydrogens (tertiary/aromatic N) is 7. The molecule has 3 N–H and O–H groups in total. The summed E-state index contributed by atoms with van der Waals surface area (Å²) in [7, 11) is 0. The van der Waals surface area contributed by atoms with E-state index in [-0.39, 0.29) is 17.6 Å². The number of anilines is 2. The largest absolute Gasteiger partial charge is 0.344 e. The van der Waals surface area contributed by atoms with Gasteiger partial charge in [-0.2, -0.15) is 10.2 Å². The number of carbonyl (C=O) groups is 1. The standard InChI is InChI=1S/C26H25FN10O/c1-4-20(17-6-8-24(29-11-17)37-14-19(27)13-30-37)32-26(38)21-7-5-18(12-28-21)25-31-15(2)9-22(34-25)33-23-10-16(3)35-36-23/h5-14,20H,4H2,1-3H3,(H,32,38)(H2,31,33,34,35,36)/t20-/m1/s1. The Labute approximate surface area is 217 Å². The molecule has 12 heteroatoms. The van der Waals surface area contributed by atoms with E-state index >= 15 is 0 Å². The Morgan fingerprint density at radius 2 is 1.92 bits per heavy atom. The number of halogens is 1. The van der Waals surface area contributed by atoms with Crippen molar-refractivity contribution in [3.05, 3.63) is 89.6 Å². The number of aromatic amines is 1. The van der Waals surface area contributed by atoms with Crippen LogP contribution in [0.2, 0.25) is 0 Å². The average Bonchev–Trinajstić information content (AvgIpc) is 3.54. The minimum Gasteiger partial charge on any atom is -0.344 e. The highest BCUT2D eigenvalue weighted by Crippen LogP contribution is 2.21. The van der Waals surface area contributed by atoms with Gasteiger partial charge in [0.15, 0.2) is 23.3 Å². The van der Waals surface area contributed by atoms with Gasteiger partial charge in [0.1, 0.15) is 11.5 Å². The Balaban J connectivity index is 1.28. The van der Waals surface area contributed by atoms with Crippen molar-refractivity contribution in [1.82, 2.24) is 45.2 Å². The molecule has 0 aliphatic heterocycles. The SMILES string of the molecule is CC[C@@H](NC(=O)c1ccc(-c2nc(C)cc(Nc3cc(C)[nH]n3)n2)cn1)c1ccc(-n2cc(F)cn2)nc1. The van der Waals surface area contributed by atoms with Crippen LogP contribution in [0.5, 0.6) is 0 Å². The van der Waals surface area contributed by atoms with Gasteiger partial charge in [-0.3, -0.25) is 14.9 Å². The van der Waals surface area contributed by atoms with Crippen LogP contribution in [-0.2, 0) is 0 Å². The van der Waals surface area contributed by atoms with E-state index in [9.17, 15) is 9.18 Å². The highest BCUT2D eigenvalue weighted by Gasteiger charge is 2.17. The number of carbonyl (C=O) groups excluding carboxylic acids is 1. The van der Waals surface area contributed by atoms with Gasteiger partial charge in [-0.15, -0.1) is 0 Å². The molecule has 0 saturated heterocycles. The van der Waals surface area contributed by atoms with Crippen molar-refractivity contribution in [3.8, 4) is 17.2 Å². The molecule has 5 aromatic rings. The molecule has 0 aromatic carbocycles. The van der Waals surface area contributed by atoms with Crippen LogP contribution < -0.4 is 10.6 Å². The zero-order chi connectivity index (χ0) is 26.6. The maximum absolute atomic E-state index is 13.2. The van der Waals surface area contributed by atoms with Crippen LogP contribution in [0.3, 0.4) is 0 Å². The van der Waals surface area contributed by atoms with Gasteiger partial charge in [0.2, 0.25) is 0 Å². The monoisotopic (exact) mass is 512 g/mol. The molecule has 0 aliphatic carbocycles. The van der Waals surface area contributed by atoms with Gasteiger partial charge < -0.3 is 10.6 Å². The van der Waals surface area contributed by atoms with E-state index in [1.807, 2.05) is 39.0 Å². The van der Waals surface area contributed by atoms with E-state index in [0.717, 1.165) is 23.1 Å². The van der Waals surface area contributed by atoms with Crippen molar-refractivity contribution in [1.29, 1.82) is 0 Å². The number of amides is 1. The van der Waals surface area contributed by atoms with Crippen molar-refractivity contribution >= 4 is 17.5 Å². The van der Waals surface area contributed by atoms with E-state index in [0.29, 0.717) is 35.3 Å². The highest BCUT2D eigenvalue weighted by atomic mass is 19.1. The predicted molar refractivity (Wildman–Crippen MR) is 138 cm³/mol. The number of hydrogen-bond donors (Lipinski definition) is 3. The van der Waals surface area contributed by atoms with Crippen molar-refractivity contribution in [2.75, 3.05) is 5.32 Å². The number of pyridine rings is 2. The van der Waals surface area contributed by atoms with Gasteiger partial charge in [-0.25, -0.2) is 24.0 Å². The lowest BCUT2D eigenvalue weighted by Gasteiger charge is -2.17. The first-order chi connectivity index (χ1) is 18.4. The molecular weight excluding hydrogens is 487 g/mol. The lowest BCUT2D eigenvalue weighted by Crippen LogP contribution is -2.29. The van der Waals surface area contributed by atoms with Crippen molar-refractivity contribution in [3.63, 3.8) is 0 Å². The fourth-order valence-electron chi connectivity index (χ4n) is 3.85. The first-order valence-electron chi connectivity index (χ1n) is 12.0. The second-order valence-corrected chi connectivity index (χ2v) is 8.70. The quantitative estimate of drug-likeness (QED) is 0.281. The summed E-state index contributed by atoms with van der Waals surface area (Å²) in [6.45, 7) is 5.75. The van der Waals surface area contributed by atoms with Gasteiger partial charge in [0.05, 0.1) is 18.4 Å². The number of H-pyrrole nitrogens is 1. The molecule has 5 heterocycles. The van der Waals surface area contributed by atoms with E-state index in [1.165, 1.54) is 10.9 Å². The van der Waals surface area contributed by atoms with E-state index in [4.69, 9.17) is 0 Å². The number of hydrogen-bond acceptors (Lipinski definition) is 8. The highest BCUT2D eigenvalue weighted by molar-refractivity contribution is 5.92. The van der Waals surface area contributed by atoms with Gasteiger partial charge in [-0.05, 0) is 44.0 Å². The minimum atomic E-state index is -0.441. The molecule has 38 heavy (non-hydrogen) atoms. The van der Waals surface area contributed by atoms with Gasteiger partial charge in [-0.1, -0.05) is 13.0 Å². The summed E-state index contributed by atoms with van der Waals surface area (Å²) in [5.41, 5.74) is 3.46. The van der Waals surface area contributed by atoms with E-state index < -0.39 is 5.82 Å². The molecule has 11 nitrogen and oxygen atoms in total. The van der Waals surface area contributed by atoms with Crippen LogP contribution in [0.15, 0.2) is 61.2 Å². The normalized spacial score (nSPS) is 11.8. The Morgan fingerprint density at radius 3 is 2.55 bits per heavy atom. The molecule has 5 rings (SSSR count). The van der Waals surface area contributed by atoms with Crippen LogP contribution in [0, 0.1) is 19.7 Å². The third kappa shape index (κ3) is 5.53. The molecule has 0 bridgehead atoms. The second-order valence-electron chi connectivity index (χ2n) is 8.70.